The average Bonchev–Trinajstić information content (AvgIpc) is 2.84. The third-order valence-electron chi connectivity index (χ3n) is 5.76. The van der Waals surface area contributed by atoms with Crippen molar-refractivity contribution in [2.75, 3.05) is 13.2 Å². The molecule has 0 N–H and O–H groups in total. The number of benzene rings is 3. The molecule has 1 heterocycles. The number of fused-ring (bicyclic) bond motifs is 1. The summed E-state index contributed by atoms with van der Waals surface area (Å²) in [6, 6.07) is 19.1. The molecule has 0 atom stereocenters. The summed E-state index contributed by atoms with van der Waals surface area (Å²) in [6.45, 7) is 11.3. The lowest BCUT2D eigenvalue weighted by atomic mass is 9.96. The van der Waals surface area contributed by atoms with Crippen LogP contribution in [0.4, 0.5) is 0 Å². The van der Waals surface area contributed by atoms with Gasteiger partial charge in [-0.25, -0.2) is 4.98 Å². The Morgan fingerprint density at radius 2 is 1.77 bits per heavy atom. The molecule has 0 amide bonds. The Hall–Kier alpha value is -3.93. The molecule has 0 saturated heterocycles. The molecule has 4 aromatic rings. The second-order valence-corrected chi connectivity index (χ2v) is 8.61. The van der Waals surface area contributed by atoms with E-state index in [2.05, 4.69) is 25.0 Å². The molecular weight excluding hydrogens is 438 g/mol. The molecule has 0 spiro atoms. The fraction of sp³-hybridized carbons (Fsp3) is 0.276. The maximum Gasteiger partial charge on any atom is 0.282 e. The Labute approximate surface area is 205 Å². The summed E-state index contributed by atoms with van der Waals surface area (Å²) >= 11 is 0. The van der Waals surface area contributed by atoms with Gasteiger partial charge in [-0.05, 0) is 79.8 Å². The van der Waals surface area contributed by atoms with E-state index in [-0.39, 0.29) is 11.5 Å². The molecule has 4 rings (SSSR count). The molecule has 3 aromatic carbocycles. The number of hydrogen-bond donors (Lipinski definition) is 0. The van der Waals surface area contributed by atoms with Crippen LogP contribution in [0.15, 0.2) is 70.6 Å². The van der Waals surface area contributed by atoms with Gasteiger partial charge >= 0.3 is 0 Å². The van der Waals surface area contributed by atoms with Gasteiger partial charge in [0.15, 0.2) is 5.82 Å². The molecule has 0 aliphatic heterocycles. The lowest BCUT2D eigenvalue weighted by Crippen LogP contribution is -2.20. The molecule has 180 valence electrons. The van der Waals surface area contributed by atoms with E-state index >= 15 is 0 Å². The maximum atomic E-state index is 13.6. The molecule has 0 radical (unpaired) electrons. The highest BCUT2D eigenvalue weighted by Crippen LogP contribution is 2.34. The summed E-state index contributed by atoms with van der Waals surface area (Å²) in [4.78, 5) is 18.5. The Balaban J connectivity index is 1.93. The normalized spacial score (nSPS) is 11.5. The number of aryl methyl sites for hydroxylation is 1. The average molecular weight is 470 g/mol. The van der Waals surface area contributed by atoms with Gasteiger partial charge in [-0.2, -0.15) is 9.78 Å². The van der Waals surface area contributed by atoms with Gasteiger partial charge in [-0.1, -0.05) is 38.1 Å². The van der Waals surface area contributed by atoms with Gasteiger partial charge < -0.3 is 9.47 Å². The number of aromatic nitrogens is 2. The first-order valence-corrected chi connectivity index (χ1v) is 12.0. The molecule has 0 aliphatic rings. The maximum absolute atomic E-state index is 13.6. The zero-order chi connectivity index (χ0) is 24.9. The van der Waals surface area contributed by atoms with Crippen molar-refractivity contribution in [3.05, 3.63) is 87.7 Å². The minimum absolute atomic E-state index is 0.220. The van der Waals surface area contributed by atoms with E-state index in [1.165, 1.54) is 4.68 Å². The van der Waals surface area contributed by atoms with E-state index in [9.17, 15) is 4.79 Å². The zero-order valence-electron chi connectivity index (χ0n) is 20.9. The molecule has 0 saturated carbocycles. The molecule has 1 aromatic heterocycles. The number of rotatable bonds is 8. The second kappa shape index (κ2) is 10.6. The first-order chi connectivity index (χ1) is 16.9. The summed E-state index contributed by atoms with van der Waals surface area (Å²) < 4.78 is 12.9. The van der Waals surface area contributed by atoms with Gasteiger partial charge in [0.1, 0.15) is 11.5 Å². The summed E-state index contributed by atoms with van der Waals surface area (Å²) in [6.07, 6.45) is 1.66. The molecule has 0 aliphatic carbocycles. The van der Waals surface area contributed by atoms with Crippen molar-refractivity contribution in [2.45, 2.75) is 40.5 Å². The van der Waals surface area contributed by atoms with Crippen LogP contribution >= 0.6 is 0 Å². The Morgan fingerprint density at radius 1 is 1.00 bits per heavy atom. The minimum Gasteiger partial charge on any atom is -0.494 e. The van der Waals surface area contributed by atoms with Crippen LogP contribution in [-0.2, 0) is 0 Å². The van der Waals surface area contributed by atoms with E-state index < -0.39 is 0 Å². The van der Waals surface area contributed by atoms with Crippen molar-refractivity contribution in [3.63, 3.8) is 0 Å². The van der Waals surface area contributed by atoms with Crippen LogP contribution in [0.3, 0.4) is 0 Å². The molecule has 35 heavy (non-hydrogen) atoms. The van der Waals surface area contributed by atoms with E-state index in [1.807, 2.05) is 69.3 Å². The van der Waals surface area contributed by atoms with Crippen molar-refractivity contribution in [1.82, 2.24) is 9.66 Å². The van der Waals surface area contributed by atoms with E-state index in [1.54, 1.807) is 12.3 Å². The highest BCUT2D eigenvalue weighted by molar-refractivity contribution is 5.82. The van der Waals surface area contributed by atoms with E-state index in [0.29, 0.717) is 29.9 Å². The largest absolute Gasteiger partial charge is 0.494 e. The quantitative estimate of drug-likeness (QED) is 0.289. The van der Waals surface area contributed by atoms with Crippen LogP contribution in [0.1, 0.15) is 50.3 Å². The Morgan fingerprint density at radius 3 is 2.51 bits per heavy atom. The van der Waals surface area contributed by atoms with Gasteiger partial charge in [0.25, 0.3) is 5.56 Å². The van der Waals surface area contributed by atoms with Crippen molar-refractivity contribution >= 4 is 17.1 Å². The SMILES string of the molecule is CCOc1cccc(C=Nn2c(-c3cc(C(C)C)c(OCC)cc3C)nc3ccccc3c2=O)c1. The van der Waals surface area contributed by atoms with Crippen LogP contribution in [0.25, 0.3) is 22.3 Å². The second-order valence-electron chi connectivity index (χ2n) is 8.61. The summed E-state index contributed by atoms with van der Waals surface area (Å²) in [7, 11) is 0. The van der Waals surface area contributed by atoms with Crippen molar-refractivity contribution in [1.29, 1.82) is 0 Å². The van der Waals surface area contributed by atoms with Crippen LogP contribution in [0, 0.1) is 6.92 Å². The van der Waals surface area contributed by atoms with Gasteiger partial charge in [0, 0.05) is 5.56 Å². The van der Waals surface area contributed by atoms with Crippen molar-refractivity contribution < 1.29 is 9.47 Å². The molecular formula is C29H31N3O3. The van der Waals surface area contributed by atoms with E-state index in [0.717, 1.165) is 33.8 Å². The molecule has 0 fully saturated rings. The summed E-state index contributed by atoms with van der Waals surface area (Å²) in [5.41, 5.74) is 4.12. The monoisotopic (exact) mass is 469 g/mol. The number of para-hydroxylation sites is 1. The topological polar surface area (TPSA) is 65.7 Å². The van der Waals surface area contributed by atoms with Crippen LogP contribution in [0.2, 0.25) is 0 Å². The lowest BCUT2D eigenvalue weighted by Gasteiger charge is -2.18. The first-order valence-electron chi connectivity index (χ1n) is 12.0. The van der Waals surface area contributed by atoms with E-state index in [4.69, 9.17) is 14.5 Å². The van der Waals surface area contributed by atoms with Crippen molar-refractivity contribution in [3.8, 4) is 22.9 Å². The van der Waals surface area contributed by atoms with Crippen LogP contribution in [-0.4, -0.2) is 29.1 Å². The summed E-state index contributed by atoms with van der Waals surface area (Å²) in [5, 5.41) is 5.13. The fourth-order valence-electron chi connectivity index (χ4n) is 4.05. The minimum atomic E-state index is -0.220. The lowest BCUT2D eigenvalue weighted by molar-refractivity contribution is 0.335. The third-order valence-corrected chi connectivity index (χ3v) is 5.76. The van der Waals surface area contributed by atoms with Gasteiger partial charge in [-0.3, -0.25) is 4.79 Å². The van der Waals surface area contributed by atoms with Crippen LogP contribution < -0.4 is 15.0 Å². The number of nitrogens with zero attached hydrogens (tertiary/aromatic N) is 3. The Kier molecular flexibility index (Phi) is 7.30. The third kappa shape index (κ3) is 5.11. The fourth-order valence-corrected chi connectivity index (χ4v) is 4.05. The number of hydrogen-bond acceptors (Lipinski definition) is 5. The molecule has 6 heteroatoms. The highest BCUT2D eigenvalue weighted by Gasteiger charge is 2.18. The first kappa shape index (κ1) is 24.2. The van der Waals surface area contributed by atoms with Gasteiger partial charge in [0.05, 0.1) is 30.3 Å². The predicted octanol–water partition coefficient (Wildman–Crippen LogP) is 6.17. The van der Waals surface area contributed by atoms with Crippen molar-refractivity contribution in [2.24, 2.45) is 5.10 Å². The highest BCUT2D eigenvalue weighted by atomic mass is 16.5. The molecule has 6 nitrogen and oxygen atoms in total. The van der Waals surface area contributed by atoms with Gasteiger partial charge in [0.2, 0.25) is 0 Å². The zero-order valence-corrected chi connectivity index (χ0v) is 20.9. The molecule has 0 bridgehead atoms. The van der Waals surface area contributed by atoms with Crippen LogP contribution in [0.5, 0.6) is 11.5 Å². The number of ether oxygens (including phenoxy) is 2. The smallest absolute Gasteiger partial charge is 0.282 e. The predicted molar refractivity (Wildman–Crippen MR) is 142 cm³/mol. The molecule has 0 unspecified atom stereocenters. The summed E-state index contributed by atoms with van der Waals surface area (Å²) in [5.74, 6) is 2.34. The standard InChI is InChI=1S/C29H31N3O3/c1-6-34-22-12-10-11-21(16-22)18-30-32-28(31-26-14-9-8-13-23(26)29(32)33)25-17-24(19(3)4)27(35-7-2)15-20(25)5/h8-19H,6-7H2,1-5H3. The Bertz CT molecular complexity index is 1440. The van der Waals surface area contributed by atoms with Gasteiger partial charge in [-0.15, -0.1) is 0 Å².